The van der Waals surface area contributed by atoms with Gasteiger partial charge in [-0.3, -0.25) is 0 Å². The van der Waals surface area contributed by atoms with Crippen LogP contribution >= 0.6 is 0 Å². The van der Waals surface area contributed by atoms with Gasteiger partial charge < -0.3 is 9.84 Å². The molecule has 1 N–H and O–H groups in total. The molecule has 0 aromatic rings. The zero-order valence-corrected chi connectivity index (χ0v) is 10.9. The summed E-state index contributed by atoms with van der Waals surface area (Å²) < 4.78 is 31.2. The van der Waals surface area contributed by atoms with Crippen LogP contribution in [-0.4, -0.2) is 56.0 Å². The first-order chi connectivity index (χ1) is 8.12. The van der Waals surface area contributed by atoms with Gasteiger partial charge in [0.05, 0.1) is 11.9 Å². The third-order valence-corrected chi connectivity index (χ3v) is 5.47. The second-order valence-corrected chi connectivity index (χ2v) is 6.98. The molecule has 0 aliphatic carbocycles. The van der Waals surface area contributed by atoms with Gasteiger partial charge in [-0.2, -0.15) is 0 Å². The molecule has 0 spiro atoms. The van der Waals surface area contributed by atoms with Gasteiger partial charge >= 0.3 is 0 Å². The molecule has 2 aliphatic rings. The molecule has 2 atom stereocenters. The first-order valence-electron chi connectivity index (χ1n) is 6.32. The number of sulfonamides is 1. The van der Waals surface area contributed by atoms with Crippen LogP contribution in [0.4, 0.5) is 0 Å². The molecule has 2 heterocycles. The molecule has 0 radical (unpaired) electrons. The monoisotopic (exact) mass is 263 g/mol. The van der Waals surface area contributed by atoms with Crippen LogP contribution in [0.15, 0.2) is 0 Å². The Balaban J connectivity index is 1.94. The first kappa shape index (κ1) is 13.3. The average molecular weight is 263 g/mol. The molecule has 5 nitrogen and oxygen atoms in total. The number of aliphatic hydroxyl groups is 1. The smallest absolute Gasteiger partial charge is 0.216 e. The zero-order valence-electron chi connectivity index (χ0n) is 10.0. The third-order valence-electron chi connectivity index (χ3n) is 3.55. The Morgan fingerprint density at radius 3 is 2.76 bits per heavy atom. The van der Waals surface area contributed by atoms with Crippen molar-refractivity contribution < 1.29 is 18.3 Å². The molecule has 0 aromatic carbocycles. The van der Waals surface area contributed by atoms with E-state index >= 15 is 0 Å². The van der Waals surface area contributed by atoms with Crippen LogP contribution in [0, 0.1) is 5.92 Å². The van der Waals surface area contributed by atoms with Crippen molar-refractivity contribution in [1.29, 1.82) is 0 Å². The summed E-state index contributed by atoms with van der Waals surface area (Å²) >= 11 is 0. The van der Waals surface area contributed by atoms with Crippen LogP contribution in [0.2, 0.25) is 0 Å². The molecule has 17 heavy (non-hydrogen) atoms. The minimum Gasteiger partial charge on any atom is -0.396 e. The summed E-state index contributed by atoms with van der Waals surface area (Å²) in [5.74, 6) is 0.202. The maximum absolute atomic E-state index is 12.2. The van der Waals surface area contributed by atoms with E-state index in [1.807, 2.05) is 0 Å². The van der Waals surface area contributed by atoms with Gasteiger partial charge in [0.1, 0.15) is 0 Å². The van der Waals surface area contributed by atoms with Gasteiger partial charge in [0, 0.05) is 26.3 Å². The Bertz CT molecular complexity index is 337. The van der Waals surface area contributed by atoms with Crippen molar-refractivity contribution in [3.05, 3.63) is 0 Å². The Morgan fingerprint density at radius 1 is 1.29 bits per heavy atom. The highest BCUT2D eigenvalue weighted by molar-refractivity contribution is 7.89. The van der Waals surface area contributed by atoms with Crippen molar-refractivity contribution in [2.24, 2.45) is 5.92 Å². The Labute approximate surface area is 103 Å². The van der Waals surface area contributed by atoms with Gasteiger partial charge in [0.2, 0.25) is 10.0 Å². The molecule has 0 saturated carbocycles. The Kier molecular flexibility index (Phi) is 4.41. The summed E-state index contributed by atoms with van der Waals surface area (Å²) in [7, 11) is -3.21. The van der Waals surface area contributed by atoms with E-state index < -0.39 is 10.0 Å². The van der Waals surface area contributed by atoms with Crippen LogP contribution in [0.5, 0.6) is 0 Å². The fraction of sp³-hybridized carbons (Fsp3) is 1.00. The minimum atomic E-state index is -3.21. The van der Waals surface area contributed by atoms with Gasteiger partial charge in [0.15, 0.2) is 0 Å². The van der Waals surface area contributed by atoms with E-state index in [0.29, 0.717) is 19.7 Å². The topological polar surface area (TPSA) is 66.8 Å². The highest BCUT2D eigenvalue weighted by atomic mass is 32.2. The number of ether oxygens (including phenoxy) is 1. The third kappa shape index (κ3) is 3.40. The van der Waals surface area contributed by atoms with Crippen molar-refractivity contribution in [1.82, 2.24) is 4.31 Å². The fourth-order valence-corrected chi connectivity index (χ4v) is 4.33. The standard InChI is InChI=1S/C11H21NO4S/c13-8-10-3-1-5-12(7-10)17(14,15)9-11-4-2-6-16-11/h10-11,13H,1-9H2. The summed E-state index contributed by atoms with van der Waals surface area (Å²) in [6.45, 7) is 1.81. The second kappa shape index (κ2) is 5.65. The fourth-order valence-electron chi connectivity index (χ4n) is 2.54. The number of piperidine rings is 1. The minimum absolute atomic E-state index is 0.0753. The van der Waals surface area contributed by atoms with Crippen molar-refractivity contribution >= 4 is 10.0 Å². The highest BCUT2D eigenvalue weighted by Crippen LogP contribution is 2.21. The summed E-state index contributed by atoms with van der Waals surface area (Å²) in [5, 5.41) is 9.11. The molecule has 0 amide bonds. The lowest BCUT2D eigenvalue weighted by atomic mass is 10.0. The molecule has 0 aromatic heterocycles. The summed E-state index contributed by atoms with van der Waals surface area (Å²) in [4.78, 5) is 0. The molecule has 2 rings (SSSR count). The molecule has 0 bridgehead atoms. The Hall–Kier alpha value is -0.170. The van der Waals surface area contributed by atoms with E-state index in [1.54, 1.807) is 0 Å². The summed E-state index contributed by atoms with van der Waals surface area (Å²) in [6, 6.07) is 0. The summed E-state index contributed by atoms with van der Waals surface area (Å²) in [6.07, 6.45) is 3.43. The lowest BCUT2D eigenvalue weighted by molar-refractivity contribution is 0.124. The van der Waals surface area contributed by atoms with Crippen molar-refractivity contribution in [2.45, 2.75) is 31.8 Å². The predicted molar refractivity (Wildman–Crippen MR) is 64.1 cm³/mol. The van der Waals surface area contributed by atoms with Crippen LogP contribution < -0.4 is 0 Å². The molecule has 2 fully saturated rings. The van der Waals surface area contributed by atoms with Gasteiger partial charge in [-0.1, -0.05) is 0 Å². The molecule has 100 valence electrons. The van der Waals surface area contributed by atoms with E-state index in [9.17, 15) is 8.42 Å². The average Bonchev–Trinajstić information content (AvgIpc) is 2.81. The Morgan fingerprint density at radius 2 is 2.12 bits per heavy atom. The number of aliphatic hydroxyl groups excluding tert-OH is 1. The van der Waals surface area contributed by atoms with Crippen LogP contribution in [0.3, 0.4) is 0 Å². The largest absolute Gasteiger partial charge is 0.396 e. The van der Waals surface area contributed by atoms with Crippen LogP contribution in [-0.2, 0) is 14.8 Å². The highest BCUT2D eigenvalue weighted by Gasteiger charge is 2.31. The SMILES string of the molecule is O=S(=O)(CC1CCCO1)N1CCCC(CO)C1. The number of hydrogen-bond donors (Lipinski definition) is 1. The molecular weight excluding hydrogens is 242 g/mol. The number of hydrogen-bond acceptors (Lipinski definition) is 4. The van der Waals surface area contributed by atoms with Crippen LogP contribution in [0.1, 0.15) is 25.7 Å². The van der Waals surface area contributed by atoms with E-state index in [1.165, 1.54) is 4.31 Å². The zero-order chi connectivity index (χ0) is 12.3. The quantitative estimate of drug-likeness (QED) is 0.787. The van der Waals surface area contributed by atoms with Gasteiger partial charge in [-0.05, 0) is 31.6 Å². The second-order valence-electron chi connectivity index (χ2n) is 4.96. The van der Waals surface area contributed by atoms with Gasteiger partial charge in [0.25, 0.3) is 0 Å². The number of nitrogens with zero attached hydrogens (tertiary/aromatic N) is 1. The molecule has 6 heteroatoms. The normalized spacial score (nSPS) is 31.8. The summed E-state index contributed by atoms with van der Waals surface area (Å²) in [5.41, 5.74) is 0. The van der Waals surface area contributed by atoms with Crippen molar-refractivity contribution in [3.8, 4) is 0 Å². The van der Waals surface area contributed by atoms with E-state index in [-0.39, 0.29) is 24.4 Å². The lowest BCUT2D eigenvalue weighted by Crippen LogP contribution is -2.43. The maximum atomic E-state index is 12.2. The van der Waals surface area contributed by atoms with Crippen molar-refractivity contribution in [3.63, 3.8) is 0 Å². The predicted octanol–water partition coefficient (Wildman–Crippen LogP) is 0.200. The van der Waals surface area contributed by atoms with E-state index in [0.717, 1.165) is 25.7 Å². The first-order valence-corrected chi connectivity index (χ1v) is 7.93. The van der Waals surface area contributed by atoms with Gasteiger partial charge in [-0.25, -0.2) is 12.7 Å². The molecule has 2 aliphatic heterocycles. The maximum Gasteiger partial charge on any atom is 0.216 e. The lowest BCUT2D eigenvalue weighted by Gasteiger charge is -2.31. The van der Waals surface area contributed by atoms with Crippen LogP contribution in [0.25, 0.3) is 0 Å². The molecular formula is C11H21NO4S. The number of rotatable bonds is 4. The molecule has 2 unspecified atom stereocenters. The van der Waals surface area contributed by atoms with Gasteiger partial charge in [-0.15, -0.1) is 0 Å². The molecule has 2 saturated heterocycles. The van der Waals surface area contributed by atoms with E-state index in [4.69, 9.17) is 9.84 Å². The van der Waals surface area contributed by atoms with E-state index in [2.05, 4.69) is 0 Å². The van der Waals surface area contributed by atoms with Crippen molar-refractivity contribution in [2.75, 3.05) is 32.1 Å².